The van der Waals surface area contributed by atoms with Gasteiger partial charge in [-0.15, -0.1) is 16.6 Å². The van der Waals surface area contributed by atoms with Gasteiger partial charge in [0.05, 0.1) is 17.8 Å². The van der Waals surface area contributed by atoms with E-state index >= 15 is 0 Å². The van der Waals surface area contributed by atoms with Crippen LogP contribution in [0.5, 0.6) is 0 Å². The average Bonchev–Trinajstić information content (AvgIpc) is 2.61. The molecule has 1 aromatic rings. The second-order valence-electron chi connectivity index (χ2n) is 7.74. The number of rotatable bonds is 5. The van der Waals surface area contributed by atoms with Crippen molar-refractivity contribution in [1.29, 1.82) is 0 Å². The largest absolute Gasteiger partial charge is 0.480 e. The number of allylic oxidation sites excluding steroid dienone is 2. The molecule has 0 bridgehead atoms. The highest BCUT2D eigenvalue weighted by atomic mass is 16.4. The van der Waals surface area contributed by atoms with Crippen molar-refractivity contribution in [3.8, 4) is 12.3 Å². The fourth-order valence-corrected chi connectivity index (χ4v) is 3.86. The number of terminal acetylenes is 1. The second-order valence-corrected chi connectivity index (χ2v) is 7.74. The SMILES string of the molecule is C#CC1=CC=C(c2nnc(NC3CCCN(CC(=O)O)C3)cc2C)C(C)(O)C1. The molecule has 1 saturated heterocycles. The van der Waals surface area contributed by atoms with Gasteiger partial charge in [0, 0.05) is 30.2 Å². The number of nitrogens with zero attached hydrogens (tertiary/aromatic N) is 3. The highest BCUT2D eigenvalue weighted by Crippen LogP contribution is 2.36. The van der Waals surface area contributed by atoms with Gasteiger partial charge in [0.1, 0.15) is 5.82 Å². The van der Waals surface area contributed by atoms with Crippen molar-refractivity contribution in [2.45, 2.75) is 44.8 Å². The van der Waals surface area contributed by atoms with Crippen LogP contribution in [0, 0.1) is 19.3 Å². The zero-order chi connectivity index (χ0) is 20.3. The molecule has 0 aromatic carbocycles. The number of anilines is 1. The molecule has 7 heteroatoms. The van der Waals surface area contributed by atoms with Gasteiger partial charge in [0.2, 0.25) is 0 Å². The van der Waals surface area contributed by atoms with Gasteiger partial charge in [-0.2, -0.15) is 0 Å². The first-order chi connectivity index (χ1) is 13.3. The van der Waals surface area contributed by atoms with Crippen molar-refractivity contribution in [3.05, 3.63) is 35.0 Å². The van der Waals surface area contributed by atoms with Gasteiger partial charge < -0.3 is 15.5 Å². The monoisotopic (exact) mass is 382 g/mol. The zero-order valence-corrected chi connectivity index (χ0v) is 16.3. The standard InChI is InChI=1S/C21H26N4O3/c1-4-15-7-8-17(21(3,28)11-15)20-14(2)10-18(23-24-20)22-16-6-5-9-25(12-16)13-19(26)27/h1,7-8,10,16,28H,5-6,9,11-13H2,2-3H3,(H,22,23)(H,26,27). The van der Waals surface area contributed by atoms with Crippen LogP contribution < -0.4 is 5.32 Å². The van der Waals surface area contributed by atoms with Crippen molar-refractivity contribution in [3.63, 3.8) is 0 Å². The molecule has 1 aromatic heterocycles. The predicted molar refractivity (Wildman–Crippen MR) is 108 cm³/mol. The Morgan fingerprint density at radius 2 is 2.25 bits per heavy atom. The van der Waals surface area contributed by atoms with Crippen LogP contribution in [-0.2, 0) is 4.79 Å². The number of aryl methyl sites for hydroxylation is 1. The molecule has 148 valence electrons. The Kier molecular flexibility index (Phi) is 5.82. The van der Waals surface area contributed by atoms with E-state index in [4.69, 9.17) is 11.5 Å². The number of aliphatic hydroxyl groups is 1. The summed E-state index contributed by atoms with van der Waals surface area (Å²) in [7, 11) is 0. The summed E-state index contributed by atoms with van der Waals surface area (Å²) in [6, 6.07) is 2.04. The number of nitrogens with one attached hydrogen (secondary N) is 1. The van der Waals surface area contributed by atoms with Crippen LogP contribution in [0.2, 0.25) is 0 Å². The molecular weight excluding hydrogens is 356 g/mol. The Labute approximate surface area is 165 Å². The minimum absolute atomic E-state index is 0.0538. The molecule has 7 nitrogen and oxygen atoms in total. The number of piperidine rings is 1. The number of aliphatic carboxylic acids is 1. The smallest absolute Gasteiger partial charge is 0.317 e. The lowest BCUT2D eigenvalue weighted by molar-refractivity contribution is -0.138. The summed E-state index contributed by atoms with van der Waals surface area (Å²) in [4.78, 5) is 12.9. The maximum Gasteiger partial charge on any atom is 0.317 e. The van der Waals surface area contributed by atoms with Crippen LogP contribution in [0.4, 0.5) is 5.82 Å². The summed E-state index contributed by atoms with van der Waals surface area (Å²) in [5.41, 5.74) is 1.92. The number of carboxylic acids is 1. The van der Waals surface area contributed by atoms with Gasteiger partial charge >= 0.3 is 5.97 Å². The molecule has 28 heavy (non-hydrogen) atoms. The lowest BCUT2D eigenvalue weighted by atomic mass is 9.82. The lowest BCUT2D eigenvalue weighted by Crippen LogP contribution is -2.44. The molecule has 1 aliphatic carbocycles. The summed E-state index contributed by atoms with van der Waals surface area (Å²) in [6.45, 7) is 5.18. The van der Waals surface area contributed by atoms with Crippen LogP contribution >= 0.6 is 0 Å². The topological polar surface area (TPSA) is 98.6 Å². The van der Waals surface area contributed by atoms with Crippen molar-refractivity contribution in [2.24, 2.45) is 0 Å². The van der Waals surface area contributed by atoms with Crippen molar-refractivity contribution in [2.75, 3.05) is 25.0 Å². The molecule has 2 atom stereocenters. The van der Waals surface area contributed by atoms with Crippen LogP contribution in [0.15, 0.2) is 23.8 Å². The van der Waals surface area contributed by atoms with Gasteiger partial charge in [-0.25, -0.2) is 0 Å². The zero-order valence-electron chi connectivity index (χ0n) is 16.3. The normalized spacial score (nSPS) is 25.4. The summed E-state index contributed by atoms with van der Waals surface area (Å²) in [5.74, 6) is 2.43. The maximum absolute atomic E-state index is 10.9. The molecule has 2 aliphatic rings. The Morgan fingerprint density at radius 3 is 2.89 bits per heavy atom. The number of aromatic nitrogens is 2. The first-order valence-electron chi connectivity index (χ1n) is 9.44. The van der Waals surface area contributed by atoms with E-state index in [0.717, 1.165) is 30.5 Å². The third-order valence-corrected chi connectivity index (χ3v) is 5.21. The van der Waals surface area contributed by atoms with E-state index < -0.39 is 11.6 Å². The van der Waals surface area contributed by atoms with Gasteiger partial charge in [0.15, 0.2) is 0 Å². The Balaban J connectivity index is 1.74. The van der Waals surface area contributed by atoms with Crippen LogP contribution in [-0.4, -0.2) is 62.6 Å². The van der Waals surface area contributed by atoms with E-state index in [-0.39, 0.29) is 12.6 Å². The molecule has 2 unspecified atom stereocenters. The number of likely N-dealkylation sites (tertiary alicyclic amines) is 1. The summed E-state index contributed by atoms with van der Waals surface area (Å²) in [5, 5.41) is 31.8. The van der Waals surface area contributed by atoms with E-state index in [9.17, 15) is 9.90 Å². The van der Waals surface area contributed by atoms with E-state index in [1.165, 1.54) is 0 Å². The molecule has 1 aliphatic heterocycles. The van der Waals surface area contributed by atoms with Gasteiger partial charge in [-0.05, 0) is 44.9 Å². The van der Waals surface area contributed by atoms with Gasteiger partial charge in [-0.1, -0.05) is 18.1 Å². The van der Waals surface area contributed by atoms with Crippen LogP contribution in [0.3, 0.4) is 0 Å². The van der Waals surface area contributed by atoms with Crippen LogP contribution in [0.1, 0.15) is 37.4 Å². The molecule has 2 heterocycles. The number of carbonyl (C=O) groups is 1. The molecule has 0 spiro atoms. The highest BCUT2D eigenvalue weighted by molar-refractivity contribution is 5.75. The van der Waals surface area contributed by atoms with Gasteiger partial charge in [0.25, 0.3) is 0 Å². The molecule has 3 rings (SSSR count). The van der Waals surface area contributed by atoms with E-state index in [1.807, 2.05) is 30.0 Å². The molecule has 3 N–H and O–H groups in total. The Morgan fingerprint density at radius 1 is 1.46 bits per heavy atom. The van der Waals surface area contributed by atoms with Crippen molar-refractivity contribution in [1.82, 2.24) is 15.1 Å². The summed E-state index contributed by atoms with van der Waals surface area (Å²) >= 11 is 0. The second kappa shape index (κ2) is 8.13. The van der Waals surface area contributed by atoms with E-state index in [2.05, 4.69) is 21.4 Å². The third kappa shape index (κ3) is 4.58. The fraction of sp³-hybridized carbons (Fsp3) is 0.476. The molecule has 0 saturated carbocycles. The first-order valence-corrected chi connectivity index (χ1v) is 9.44. The summed E-state index contributed by atoms with van der Waals surface area (Å²) < 4.78 is 0. The van der Waals surface area contributed by atoms with E-state index in [1.54, 1.807) is 6.92 Å². The lowest BCUT2D eigenvalue weighted by Gasteiger charge is -2.32. The minimum atomic E-state index is -1.09. The number of hydrogen-bond acceptors (Lipinski definition) is 6. The Hall–Kier alpha value is -2.69. The third-order valence-electron chi connectivity index (χ3n) is 5.21. The Bertz CT molecular complexity index is 867. The molecular formula is C21H26N4O3. The first kappa shape index (κ1) is 20.1. The molecule has 1 fully saturated rings. The summed E-state index contributed by atoms with van der Waals surface area (Å²) in [6.07, 6.45) is 11.4. The van der Waals surface area contributed by atoms with Gasteiger partial charge in [-0.3, -0.25) is 9.69 Å². The predicted octanol–water partition coefficient (Wildman–Crippen LogP) is 1.84. The number of hydrogen-bond donors (Lipinski definition) is 3. The van der Waals surface area contributed by atoms with Crippen molar-refractivity contribution < 1.29 is 15.0 Å². The fourth-order valence-electron chi connectivity index (χ4n) is 3.86. The van der Waals surface area contributed by atoms with E-state index in [0.29, 0.717) is 30.1 Å². The average molecular weight is 382 g/mol. The van der Waals surface area contributed by atoms with Crippen molar-refractivity contribution >= 4 is 17.4 Å². The van der Waals surface area contributed by atoms with Crippen LogP contribution in [0.25, 0.3) is 5.57 Å². The highest BCUT2D eigenvalue weighted by Gasteiger charge is 2.32. The molecule has 0 amide bonds. The maximum atomic E-state index is 10.9. The number of carboxylic acid groups (broad SMARTS) is 1. The molecule has 0 radical (unpaired) electrons. The quantitative estimate of drug-likeness (QED) is 0.669. The minimum Gasteiger partial charge on any atom is -0.480 e.